The molecule has 210 valence electrons. The molecule has 0 bridgehead atoms. The number of hydrogen-bond acceptors (Lipinski definition) is 5. The van der Waals surface area contributed by atoms with Gasteiger partial charge in [0.1, 0.15) is 11.6 Å². The lowest BCUT2D eigenvalue weighted by atomic mass is 9.75. The average Bonchev–Trinajstić information content (AvgIpc) is 3.75. The summed E-state index contributed by atoms with van der Waals surface area (Å²) in [6.45, 7) is 3.79. The summed E-state index contributed by atoms with van der Waals surface area (Å²) >= 11 is 0. The molecule has 1 unspecified atom stereocenters. The van der Waals surface area contributed by atoms with E-state index in [1.807, 2.05) is 19.1 Å². The number of anilines is 2. The number of nitrogens with zero attached hydrogens (tertiary/aromatic N) is 2. The molecular weight excluding hydrogens is 514 g/mol. The highest BCUT2D eigenvalue weighted by molar-refractivity contribution is 6.58. The topological polar surface area (TPSA) is 59.0 Å². The van der Waals surface area contributed by atoms with E-state index in [4.69, 9.17) is 0 Å². The third kappa shape index (κ3) is 5.34. The summed E-state index contributed by atoms with van der Waals surface area (Å²) < 4.78 is 44.4. The van der Waals surface area contributed by atoms with Crippen LogP contribution in [0.1, 0.15) is 60.4 Å². The molecule has 6 rings (SSSR count). The van der Waals surface area contributed by atoms with Crippen molar-refractivity contribution in [3.05, 3.63) is 88.5 Å². The van der Waals surface area contributed by atoms with Gasteiger partial charge in [0.05, 0.1) is 24.3 Å². The minimum Gasteiger partial charge on any atom is -0.423 e. The summed E-state index contributed by atoms with van der Waals surface area (Å²) in [6.07, 6.45) is 3.48. The average molecular weight is 549 g/mol. The Kier molecular flexibility index (Phi) is 7.55. The van der Waals surface area contributed by atoms with E-state index in [9.17, 15) is 14.4 Å². The molecule has 1 saturated heterocycles. The molecule has 2 atom stereocenters. The van der Waals surface area contributed by atoms with Crippen molar-refractivity contribution in [2.45, 2.75) is 56.7 Å². The lowest BCUT2D eigenvalue weighted by molar-refractivity contribution is 0.155. The van der Waals surface area contributed by atoms with Crippen LogP contribution in [0, 0.1) is 11.6 Å². The lowest BCUT2D eigenvalue weighted by Crippen LogP contribution is -2.54. The molecule has 2 aliphatic heterocycles. The number of halogens is 3. The molecule has 3 aliphatic rings. The van der Waals surface area contributed by atoms with Gasteiger partial charge in [0.15, 0.2) is 0 Å². The number of alkyl halides is 1. The number of hydrogen-bond donors (Lipinski definition) is 3. The first-order chi connectivity index (χ1) is 19.3. The minimum absolute atomic E-state index is 0.0277. The highest BCUT2D eigenvalue weighted by Gasteiger charge is 2.38. The van der Waals surface area contributed by atoms with Crippen molar-refractivity contribution in [3.8, 4) is 0 Å². The smallest absolute Gasteiger partial charge is 0.423 e. The first kappa shape index (κ1) is 27.2. The van der Waals surface area contributed by atoms with Gasteiger partial charge in [0.25, 0.3) is 0 Å². The third-order valence-corrected chi connectivity index (χ3v) is 8.56. The Labute approximate surface area is 233 Å². The SMILES string of the molecule is C[C@@H]1Cc2cc(B(O)O)ccc2C(c2c(F)cc(NC3CN(CCCF)C3)cc2F)N1c1ccc(C2CC2)cc1. The molecule has 0 amide bonds. The number of likely N-dealkylation sites (tertiary alicyclic amines) is 1. The molecule has 3 N–H and O–H groups in total. The fraction of sp³-hybridized carbons (Fsp3) is 0.419. The first-order valence-corrected chi connectivity index (χ1v) is 14.2. The molecule has 0 spiro atoms. The number of nitrogens with one attached hydrogen (secondary N) is 1. The van der Waals surface area contributed by atoms with Crippen LogP contribution in [-0.4, -0.2) is 60.5 Å². The van der Waals surface area contributed by atoms with Crippen LogP contribution in [0.4, 0.5) is 24.5 Å². The zero-order valence-corrected chi connectivity index (χ0v) is 22.7. The molecule has 3 aromatic rings. The van der Waals surface area contributed by atoms with Gasteiger partial charge < -0.3 is 20.3 Å². The lowest BCUT2D eigenvalue weighted by Gasteiger charge is -2.44. The quantitative estimate of drug-likeness (QED) is 0.343. The van der Waals surface area contributed by atoms with Gasteiger partial charge in [-0.2, -0.15) is 0 Å². The summed E-state index contributed by atoms with van der Waals surface area (Å²) in [5.74, 6) is -0.659. The van der Waals surface area contributed by atoms with Crippen molar-refractivity contribution in [1.82, 2.24) is 4.90 Å². The zero-order chi connectivity index (χ0) is 28.0. The monoisotopic (exact) mass is 549 g/mol. The number of rotatable bonds is 9. The van der Waals surface area contributed by atoms with E-state index >= 15 is 8.78 Å². The molecule has 5 nitrogen and oxygen atoms in total. The molecule has 2 fully saturated rings. The molecule has 0 radical (unpaired) electrons. The van der Waals surface area contributed by atoms with Crippen molar-refractivity contribution in [3.63, 3.8) is 0 Å². The Balaban J connectivity index is 1.35. The molecule has 2 heterocycles. The Morgan fingerprint density at radius 3 is 2.30 bits per heavy atom. The van der Waals surface area contributed by atoms with Crippen LogP contribution in [0.5, 0.6) is 0 Å². The van der Waals surface area contributed by atoms with Crippen molar-refractivity contribution < 1.29 is 23.2 Å². The molecule has 0 aromatic heterocycles. The maximum atomic E-state index is 16.0. The summed E-state index contributed by atoms with van der Waals surface area (Å²) in [5, 5.41) is 22.7. The third-order valence-electron chi connectivity index (χ3n) is 8.56. The van der Waals surface area contributed by atoms with Gasteiger partial charge in [0.2, 0.25) is 0 Å². The van der Waals surface area contributed by atoms with Crippen molar-refractivity contribution in [1.29, 1.82) is 0 Å². The highest BCUT2D eigenvalue weighted by Crippen LogP contribution is 2.45. The van der Waals surface area contributed by atoms with Crippen LogP contribution in [-0.2, 0) is 6.42 Å². The Morgan fingerprint density at radius 2 is 1.68 bits per heavy atom. The van der Waals surface area contributed by atoms with E-state index in [2.05, 4.69) is 27.2 Å². The Bertz CT molecular complexity index is 1340. The minimum atomic E-state index is -1.62. The van der Waals surface area contributed by atoms with Crippen LogP contribution in [0.3, 0.4) is 0 Å². The fourth-order valence-corrected chi connectivity index (χ4v) is 6.38. The van der Waals surface area contributed by atoms with E-state index < -0.39 is 24.8 Å². The predicted octanol–water partition coefficient (Wildman–Crippen LogP) is 4.52. The van der Waals surface area contributed by atoms with Gasteiger partial charge in [-0.05, 0) is 84.9 Å². The van der Waals surface area contributed by atoms with Crippen LogP contribution in [0.2, 0.25) is 0 Å². The molecule has 1 saturated carbocycles. The van der Waals surface area contributed by atoms with Crippen LogP contribution in [0.25, 0.3) is 0 Å². The highest BCUT2D eigenvalue weighted by atomic mass is 19.1. The first-order valence-electron chi connectivity index (χ1n) is 14.2. The number of benzene rings is 3. The van der Waals surface area contributed by atoms with Gasteiger partial charge in [-0.25, -0.2) is 8.78 Å². The van der Waals surface area contributed by atoms with E-state index in [-0.39, 0.29) is 24.3 Å². The summed E-state index contributed by atoms with van der Waals surface area (Å²) in [6, 6.07) is 15.4. The second-order valence-electron chi connectivity index (χ2n) is 11.6. The number of fused-ring (bicyclic) bond motifs is 1. The van der Waals surface area contributed by atoms with Crippen molar-refractivity contribution in [2.24, 2.45) is 0 Å². The second-order valence-corrected chi connectivity index (χ2v) is 11.6. The van der Waals surface area contributed by atoms with E-state index in [1.165, 1.54) is 30.5 Å². The zero-order valence-electron chi connectivity index (χ0n) is 22.7. The van der Waals surface area contributed by atoms with E-state index in [0.29, 0.717) is 49.5 Å². The standard InChI is InChI=1S/C31H35BF3N3O2/c1-19-13-22-14-23(32(39)40)7-10-27(22)31(38(19)26-8-5-21(6-9-26)20-3-4-20)30-28(34)15-24(16-29(30)35)36-25-17-37(18-25)12-2-11-33/h5-10,14-16,19-20,25,31,36,39-40H,2-4,11-13,17-18H2,1H3/t19-,31?/m1/s1. The van der Waals surface area contributed by atoms with Gasteiger partial charge >= 0.3 is 7.12 Å². The normalized spacial score (nSPS) is 21.2. The maximum absolute atomic E-state index is 16.0. The molecular formula is C31H35BF3N3O2. The largest absolute Gasteiger partial charge is 0.488 e. The molecule has 9 heteroatoms. The van der Waals surface area contributed by atoms with Crippen LogP contribution >= 0.6 is 0 Å². The Morgan fingerprint density at radius 1 is 0.975 bits per heavy atom. The molecule has 1 aliphatic carbocycles. The second kappa shape index (κ2) is 11.1. The summed E-state index contributed by atoms with van der Waals surface area (Å²) in [7, 11) is -1.62. The van der Waals surface area contributed by atoms with Crippen molar-refractivity contribution >= 4 is 24.0 Å². The van der Waals surface area contributed by atoms with Gasteiger partial charge in [-0.15, -0.1) is 0 Å². The van der Waals surface area contributed by atoms with Gasteiger partial charge in [0, 0.05) is 37.1 Å². The maximum Gasteiger partial charge on any atom is 0.488 e. The predicted molar refractivity (Wildman–Crippen MR) is 153 cm³/mol. The molecule has 3 aromatic carbocycles. The van der Waals surface area contributed by atoms with E-state index in [1.54, 1.807) is 18.2 Å². The summed E-state index contributed by atoms with van der Waals surface area (Å²) in [5.41, 5.74) is 4.49. The van der Waals surface area contributed by atoms with Gasteiger partial charge in [-0.3, -0.25) is 9.29 Å². The summed E-state index contributed by atoms with van der Waals surface area (Å²) in [4.78, 5) is 4.19. The molecule has 40 heavy (non-hydrogen) atoms. The van der Waals surface area contributed by atoms with Crippen LogP contribution < -0.4 is 15.7 Å². The van der Waals surface area contributed by atoms with Crippen molar-refractivity contribution in [2.75, 3.05) is 36.5 Å². The fourth-order valence-electron chi connectivity index (χ4n) is 6.38. The Hall–Kier alpha value is -3.01. The van der Waals surface area contributed by atoms with E-state index in [0.717, 1.165) is 16.8 Å². The van der Waals surface area contributed by atoms with Gasteiger partial charge in [-0.1, -0.05) is 30.3 Å². The van der Waals surface area contributed by atoms with Crippen LogP contribution in [0.15, 0.2) is 54.6 Å².